The maximum atomic E-state index is 12.8. The Kier molecular flexibility index (Phi) is 8.42. The van der Waals surface area contributed by atoms with Crippen molar-refractivity contribution >= 4 is 11.9 Å². The predicted molar refractivity (Wildman–Crippen MR) is 84.5 cm³/mol. The van der Waals surface area contributed by atoms with Gasteiger partial charge in [-0.2, -0.15) is 0 Å². The fourth-order valence-electron chi connectivity index (χ4n) is 2.53. The Morgan fingerprint density at radius 2 is 1.64 bits per heavy atom. The number of carboxylic acids is 2. The summed E-state index contributed by atoms with van der Waals surface area (Å²) in [6.07, 6.45) is -3.52. The monoisotopic (exact) mass is 359 g/mol. The lowest BCUT2D eigenvalue weighted by Crippen LogP contribution is -2.39. The highest BCUT2D eigenvalue weighted by molar-refractivity contribution is 5.83. The maximum absolute atomic E-state index is 12.8. The fourth-order valence-corrected chi connectivity index (χ4v) is 2.53. The molecule has 8 nitrogen and oxygen atoms in total. The largest absolute Gasteiger partial charge is 0.479 e. The number of nitrogens with one attached hydrogen (secondary N) is 1. The molecule has 1 fully saturated rings. The van der Waals surface area contributed by atoms with E-state index in [1.54, 1.807) is 0 Å². The molecule has 1 saturated heterocycles. The molecule has 0 aliphatic carbocycles. The van der Waals surface area contributed by atoms with Crippen LogP contribution in [0.4, 0.5) is 4.39 Å². The minimum Gasteiger partial charge on any atom is -0.479 e. The third-order valence-electron chi connectivity index (χ3n) is 3.95. The number of aliphatic carboxylic acids is 2. The number of carbonyl (C=O) groups is 2. The van der Waals surface area contributed by atoms with E-state index in [0.29, 0.717) is 5.92 Å². The van der Waals surface area contributed by atoms with Crippen molar-refractivity contribution in [2.24, 2.45) is 5.92 Å². The van der Waals surface area contributed by atoms with Gasteiger partial charge in [0, 0.05) is 19.1 Å². The summed E-state index contributed by atoms with van der Waals surface area (Å²) >= 11 is 0. The zero-order valence-corrected chi connectivity index (χ0v) is 13.4. The Morgan fingerprint density at radius 1 is 1.12 bits per heavy atom. The fraction of sp³-hybridized carbons (Fsp3) is 0.500. The van der Waals surface area contributed by atoms with Gasteiger partial charge in [0.05, 0.1) is 0 Å². The van der Waals surface area contributed by atoms with E-state index >= 15 is 0 Å². The molecule has 0 bridgehead atoms. The second kappa shape index (κ2) is 10.0. The average molecular weight is 359 g/mol. The number of halogens is 1. The molecule has 6 N–H and O–H groups in total. The average Bonchev–Trinajstić information content (AvgIpc) is 2.61. The topological polar surface area (TPSA) is 147 Å². The molecule has 0 saturated carbocycles. The van der Waals surface area contributed by atoms with Crippen LogP contribution in [0.15, 0.2) is 24.3 Å². The summed E-state index contributed by atoms with van der Waals surface area (Å²) < 4.78 is 12.8. The summed E-state index contributed by atoms with van der Waals surface area (Å²) in [6.45, 7) is 2.01. The molecule has 0 aromatic heterocycles. The molecule has 1 aliphatic rings. The molecule has 1 aliphatic heterocycles. The van der Waals surface area contributed by atoms with E-state index in [2.05, 4.69) is 5.32 Å². The number of aliphatic hydroxyl groups excluding tert-OH is 3. The molecular weight excluding hydrogens is 337 g/mol. The molecule has 0 radical (unpaired) electrons. The van der Waals surface area contributed by atoms with E-state index in [1.165, 1.54) is 12.1 Å². The number of aliphatic hydroxyl groups is 3. The van der Waals surface area contributed by atoms with Crippen LogP contribution in [0.3, 0.4) is 0 Å². The van der Waals surface area contributed by atoms with Crippen molar-refractivity contribution in [1.82, 2.24) is 5.32 Å². The summed E-state index contributed by atoms with van der Waals surface area (Å²) in [5.41, 5.74) is 1.14. The lowest BCUT2D eigenvalue weighted by Gasteiger charge is -2.31. The van der Waals surface area contributed by atoms with E-state index in [1.807, 2.05) is 12.1 Å². The lowest BCUT2D eigenvalue weighted by atomic mass is 9.82. The third-order valence-corrected chi connectivity index (χ3v) is 3.95. The predicted octanol–water partition coefficient (Wildman–Crippen LogP) is -0.611. The molecule has 4 atom stereocenters. The van der Waals surface area contributed by atoms with Crippen LogP contribution in [0.5, 0.6) is 0 Å². The molecule has 1 aromatic carbocycles. The van der Waals surface area contributed by atoms with Gasteiger partial charge in [-0.1, -0.05) is 12.1 Å². The van der Waals surface area contributed by atoms with Gasteiger partial charge in [-0.05, 0) is 36.6 Å². The normalized spacial score (nSPS) is 22.2. The number of carboxylic acid groups (broad SMARTS) is 2. The highest BCUT2D eigenvalue weighted by Crippen LogP contribution is 2.29. The standard InChI is InChI=1S/C12H16FNO.C4H6O6/c13-11-3-1-9(2-4-11)12-5-6-14-7-10(12)8-15;5-1(3(7)8)2(6)4(9)10/h1-4,10,12,14-15H,5-8H2;1-2,5-6H,(H,7,8)(H,9,10)/t10-,12-;/m1./s1. The minimum atomic E-state index is -2.27. The number of rotatable bonds is 5. The van der Waals surface area contributed by atoms with Gasteiger partial charge >= 0.3 is 11.9 Å². The van der Waals surface area contributed by atoms with Gasteiger partial charge in [-0.25, -0.2) is 14.0 Å². The zero-order valence-electron chi connectivity index (χ0n) is 13.4. The van der Waals surface area contributed by atoms with E-state index < -0.39 is 24.1 Å². The van der Waals surface area contributed by atoms with Crippen molar-refractivity contribution in [2.75, 3.05) is 19.7 Å². The van der Waals surface area contributed by atoms with Crippen LogP contribution in [0, 0.1) is 11.7 Å². The Morgan fingerprint density at radius 3 is 2.08 bits per heavy atom. The van der Waals surface area contributed by atoms with Gasteiger partial charge in [0.15, 0.2) is 12.2 Å². The summed E-state index contributed by atoms with van der Waals surface area (Å²) in [7, 11) is 0. The molecule has 1 aromatic rings. The minimum absolute atomic E-state index is 0.190. The maximum Gasteiger partial charge on any atom is 0.335 e. The van der Waals surface area contributed by atoms with Crippen molar-refractivity contribution in [2.45, 2.75) is 24.5 Å². The first-order chi connectivity index (χ1) is 11.8. The van der Waals surface area contributed by atoms with E-state index in [0.717, 1.165) is 25.1 Å². The lowest BCUT2D eigenvalue weighted by molar-refractivity contribution is -0.165. The number of hydrogen-bond acceptors (Lipinski definition) is 6. The number of hydrogen-bond donors (Lipinski definition) is 6. The molecule has 0 spiro atoms. The summed E-state index contributed by atoms with van der Waals surface area (Å²) in [5.74, 6) is -3.13. The van der Waals surface area contributed by atoms with Crippen molar-refractivity contribution in [3.05, 3.63) is 35.6 Å². The van der Waals surface area contributed by atoms with Crippen LogP contribution in [0.25, 0.3) is 0 Å². The first kappa shape index (κ1) is 21.0. The second-order valence-corrected chi connectivity index (χ2v) is 5.66. The van der Waals surface area contributed by atoms with E-state index in [4.69, 9.17) is 20.4 Å². The van der Waals surface area contributed by atoms with E-state index in [-0.39, 0.29) is 18.3 Å². The molecule has 25 heavy (non-hydrogen) atoms. The Labute approximate surface area is 143 Å². The zero-order chi connectivity index (χ0) is 19.0. The van der Waals surface area contributed by atoms with Gasteiger partial charge in [-0.15, -0.1) is 0 Å². The Balaban J connectivity index is 0.000000275. The Hall–Kier alpha value is -2.07. The van der Waals surface area contributed by atoms with Gasteiger partial charge in [0.25, 0.3) is 0 Å². The Bertz CT molecular complexity index is 548. The smallest absolute Gasteiger partial charge is 0.335 e. The molecule has 1 heterocycles. The van der Waals surface area contributed by atoms with Gasteiger partial charge in [-0.3, -0.25) is 0 Å². The summed E-state index contributed by atoms with van der Waals surface area (Å²) in [6, 6.07) is 6.64. The molecule has 2 unspecified atom stereocenters. The van der Waals surface area contributed by atoms with Crippen LogP contribution in [0.1, 0.15) is 17.9 Å². The molecule has 9 heteroatoms. The van der Waals surface area contributed by atoms with Crippen LogP contribution in [0.2, 0.25) is 0 Å². The molecule has 2 rings (SSSR count). The van der Waals surface area contributed by atoms with Gasteiger partial charge in [0.1, 0.15) is 5.82 Å². The third kappa shape index (κ3) is 6.39. The van der Waals surface area contributed by atoms with Crippen molar-refractivity contribution < 1.29 is 39.5 Å². The van der Waals surface area contributed by atoms with Crippen molar-refractivity contribution in [3.63, 3.8) is 0 Å². The molecular formula is C16H22FNO7. The summed E-state index contributed by atoms with van der Waals surface area (Å²) in [4.78, 5) is 19.5. The first-order valence-electron chi connectivity index (χ1n) is 7.66. The van der Waals surface area contributed by atoms with Gasteiger partial charge in [0.2, 0.25) is 0 Å². The van der Waals surface area contributed by atoms with Crippen LogP contribution < -0.4 is 5.32 Å². The van der Waals surface area contributed by atoms with Crippen molar-refractivity contribution in [3.8, 4) is 0 Å². The number of piperidine rings is 1. The highest BCUT2D eigenvalue weighted by Gasteiger charge is 2.29. The van der Waals surface area contributed by atoms with E-state index in [9.17, 15) is 19.1 Å². The van der Waals surface area contributed by atoms with Crippen molar-refractivity contribution in [1.29, 1.82) is 0 Å². The van der Waals surface area contributed by atoms with Crippen LogP contribution in [-0.2, 0) is 9.59 Å². The van der Waals surface area contributed by atoms with Gasteiger partial charge < -0.3 is 30.8 Å². The number of benzene rings is 1. The molecule has 0 amide bonds. The van der Waals surface area contributed by atoms with Crippen LogP contribution in [-0.4, -0.2) is 69.4 Å². The summed E-state index contributed by atoms with van der Waals surface area (Å²) in [5, 5.41) is 45.1. The molecule has 140 valence electrons. The quantitative estimate of drug-likeness (QED) is 0.408. The SMILES string of the molecule is O=C(O)C(O)C(O)C(=O)O.OC[C@H]1CNCC[C@@H]1c1ccc(F)cc1. The highest BCUT2D eigenvalue weighted by atomic mass is 19.1. The first-order valence-corrected chi connectivity index (χ1v) is 7.66. The van der Waals surface area contributed by atoms with Crippen LogP contribution >= 0.6 is 0 Å². The second-order valence-electron chi connectivity index (χ2n) is 5.66.